The van der Waals surface area contributed by atoms with E-state index in [-0.39, 0.29) is 11.8 Å². The number of aromatic nitrogens is 1. The van der Waals surface area contributed by atoms with Crippen molar-refractivity contribution in [3.05, 3.63) is 89.2 Å². The number of amides is 2. The molecule has 7 heteroatoms. The predicted octanol–water partition coefficient (Wildman–Crippen LogP) is 3.74. The Bertz CT molecular complexity index is 1050. The van der Waals surface area contributed by atoms with Gasteiger partial charge in [0.05, 0.1) is 6.61 Å². The lowest BCUT2D eigenvalue weighted by Gasteiger charge is -2.14. The van der Waals surface area contributed by atoms with Crippen molar-refractivity contribution >= 4 is 11.8 Å². The molecule has 0 aliphatic heterocycles. The van der Waals surface area contributed by atoms with Crippen molar-refractivity contribution in [3.63, 3.8) is 0 Å². The number of nitrogens with zero attached hydrogens (tertiary/aromatic N) is 1. The van der Waals surface area contributed by atoms with Crippen LogP contribution in [-0.2, 0) is 13.2 Å². The van der Waals surface area contributed by atoms with Crippen LogP contribution in [0.4, 0.5) is 0 Å². The van der Waals surface area contributed by atoms with Crippen LogP contribution in [0.25, 0.3) is 0 Å². The summed E-state index contributed by atoms with van der Waals surface area (Å²) in [4.78, 5) is 28.8. The van der Waals surface area contributed by atoms with E-state index in [2.05, 4.69) is 15.6 Å². The fourth-order valence-corrected chi connectivity index (χ4v) is 3.05. The number of carbonyl (C=O) groups is 2. The minimum absolute atomic E-state index is 0.135. The van der Waals surface area contributed by atoms with Crippen molar-refractivity contribution in [2.45, 2.75) is 27.0 Å². The molecule has 2 amide bonds. The molecule has 0 fully saturated rings. The molecule has 0 aliphatic carbocycles. The Hall–Kier alpha value is -3.87. The number of hydrogen-bond donors (Lipinski definition) is 2. The Morgan fingerprint density at radius 1 is 0.844 bits per heavy atom. The van der Waals surface area contributed by atoms with E-state index < -0.39 is 0 Å². The van der Waals surface area contributed by atoms with Crippen LogP contribution in [0, 0.1) is 0 Å². The highest BCUT2D eigenvalue weighted by atomic mass is 16.5. The minimum Gasteiger partial charge on any atom is -0.490 e. The second kappa shape index (κ2) is 11.5. The molecule has 32 heavy (non-hydrogen) atoms. The number of carbonyl (C=O) groups excluding carboxylic acids is 2. The molecule has 0 saturated heterocycles. The van der Waals surface area contributed by atoms with Crippen molar-refractivity contribution in [3.8, 4) is 11.5 Å². The Morgan fingerprint density at radius 3 is 2.38 bits per heavy atom. The molecule has 0 atom stereocenters. The van der Waals surface area contributed by atoms with E-state index >= 15 is 0 Å². The summed E-state index contributed by atoms with van der Waals surface area (Å²) in [6.07, 6.45) is 3.45. The highest BCUT2D eigenvalue weighted by molar-refractivity contribution is 5.95. The molecule has 0 radical (unpaired) electrons. The second-order valence-corrected chi connectivity index (χ2v) is 6.99. The number of hydrogen-bond acceptors (Lipinski definition) is 5. The summed E-state index contributed by atoms with van der Waals surface area (Å²) in [5, 5.41) is 5.65. The Kier molecular flexibility index (Phi) is 8.20. The van der Waals surface area contributed by atoms with Gasteiger partial charge in [0.15, 0.2) is 11.5 Å². The molecule has 0 unspecified atom stereocenters. The van der Waals surface area contributed by atoms with Gasteiger partial charge in [0.1, 0.15) is 6.61 Å². The maximum absolute atomic E-state index is 12.7. The standard InChI is InChI=1S/C25H27N3O4/c1-3-27-24(29)20-9-5-7-18(13-20)16-28-25(30)21-10-11-22(23(14-21)31-4-2)32-17-19-8-6-12-26-15-19/h5-15H,3-4,16-17H2,1-2H3,(H,27,29)(H,28,30). The van der Waals surface area contributed by atoms with Gasteiger partial charge in [0.25, 0.3) is 11.8 Å². The van der Waals surface area contributed by atoms with Crippen LogP contribution in [0.3, 0.4) is 0 Å². The van der Waals surface area contributed by atoms with Gasteiger partial charge in [-0.3, -0.25) is 14.6 Å². The molecular formula is C25H27N3O4. The van der Waals surface area contributed by atoms with Crippen molar-refractivity contribution < 1.29 is 19.1 Å². The van der Waals surface area contributed by atoms with Gasteiger partial charge in [0, 0.05) is 42.2 Å². The summed E-state index contributed by atoms with van der Waals surface area (Å²) in [6.45, 7) is 5.40. The largest absolute Gasteiger partial charge is 0.490 e. The lowest BCUT2D eigenvalue weighted by Crippen LogP contribution is -2.24. The van der Waals surface area contributed by atoms with Crippen LogP contribution < -0.4 is 20.1 Å². The number of benzene rings is 2. The monoisotopic (exact) mass is 433 g/mol. The van der Waals surface area contributed by atoms with Crippen molar-refractivity contribution in [2.75, 3.05) is 13.2 Å². The van der Waals surface area contributed by atoms with E-state index in [0.717, 1.165) is 11.1 Å². The molecule has 166 valence electrons. The molecule has 2 aromatic carbocycles. The molecule has 0 bridgehead atoms. The van der Waals surface area contributed by atoms with Gasteiger partial charge in [-0.15, -0.1) is 0 Å². The minimum atomic E-state index is -0.242. The SMILES string of the molecule is CCNC(=O)c1cccc(CNC(=O)c2ccc(OCc3cccnc3)c(OCC)c2)c1. The Labute approximate surface area is 187 Å². The van der Waals surface area contributed by atoms with Crippen molar-refractivity contribution in [2.24, 2.45) is 0 Å². The van der Waals surface area contributed by atoms with Gasteiger partial charge in [-0.1, -0.05) is 18.2 Å². The fraction of sp³-hybridized carbons (Fsp3) is 0.240. The summed E-state index contributed by atoms with van der Waals surface area (Å²) < 4.78 is 11.5. The number of nitrogens with one attached hydrogen (secondary N) is 2. The summed E-state index contributed by atoms with van der Waals surface area (Å²) in [5.74, 6) is 0.682. The maximum Gasteiger partial charge on any atom is 0.251 e. The molecular weight excluding hydrogens is 406 g/mol. The van der Waals surface area contributed by atoms with Gasteiger partial charge in [0.2, 0.25) is 0 Å². The van der Waals surface area contributed by atoms with Crippen LogP contribution in [0.1, 0.15) is 45.7 Å². The van der Waals surface area contributed by atoms with Gasteiger partial charge in [-0.2, -0.15) is 0 Å². The third kappa shape index (κ3) is 6.31. The van der Waals surface area contributed by atoms with E-state index in [4.69, 9.17) is 9.47 Å². The molecule has 1 aromatic heterocycles. The van der Waals surface area contributed by atoms with Crippen molar-refractivity contribution in [1.29, 1.82) is 0 Å². The molecule has 2 N–H and O–H groups in total. The van der Waals surface area contributed by atoms with Gasteiger partial charge >= 0.3 is 0 Å². The summed E-state index contributed by atoms with van der Waals surface area (Å²) in [7, 11) is 0. The smallest absolute Gasteiger partial charge is 0.251 e. The van der Waals surface area contributed by atoms with E-state index in [1.165, 1.54) is 0 Å². The first kappa shape index (κ1) is 22.8. The third-order valence-electron chi connectivity index (χ3n) is 4.60. The van der Waals surface area contributed by atoms with Crippen LogP contribution >= 0.6 is 0 Å². The predicted molar refractivity (Wildman–Crippen MR) is 122 cm³/mol. The molecule has 3 rings (SSSR count). The Balaban J connectivity index is 1.65. The zero-order valence-electron chi connectivity index (χ0n) is 18.3. The van der Waals surface area contributed by atoms with Crippen LogP contribution in [-0.4, -0.2) is 29.9 Å². The quantitative estimate of drug-likeness (QED) is 0.508. The first-order chi connectivity index (χ1) is 15.6. The van der Waals surface area contributed by atoms with Crippen LogP contribution in [0.15, 0.2) is 67.0 Å². The molecule has 1 heterocycles. The van der Waals surface area contributed by atoms with Crippen molar-refractivity contribution in [1.82, 2.24) is 15.6 Å². The Morgan fingerprint density at radius 2 is 1.62 bits per heavy atom. The first-order valence-corrected chi connectivity index (χ1v) is 10.5. The molecule has 7 nitrogen and oxygen atoms in total. The summed E-state index contributed by atoms with van der Waals surface area (Å²) >= 11 is 0. The first-order valence-electron chi connectivity index (χ1n) is 10.5. The molecule has 0 saturated carbocycles. The number of ether oxygens (including phenoxy) is 2. The highest BCUT2D eigenvalue weighted by Gasteiger charge is 2.13. The van der Waals surface area contributed by atoms with E-state index in [0.29, 0.717) is 48.9 Å². The lowest BCUT2D eigenvalue weighted by molar-refractivity contribution is 0.0946. The maximum atomic E-state index is 12.7. The average Bonchev–Trinajstić information content (AvgIpc) is 2.83. The van der Waals surface area contributed by atoms with Gasteiger partial charge < -0.3 is 20.1 Å². The lowest BCUT2D eigenvalue weighted by atomic mass is 10.1. The fourth-order valence-electron chi connectivity index (χ4n) is 3.05. The third-order valence-corrected chi connectivity index (χ3v) is 4.60. The summed E-state index contributed by atoms with van der Waals surface area (Å²) in [6, 6.07) is 16.0. The highest BCUT2D eigenvalue weighted by Crippen LogP contribution is 2.29. The topological polar surface area (TPSA) is 89.6 Å². The zero-order chi connectivity index (χ0) is 22.8. The number of pyridine rings is 1. The molecule has 3 aromatic rings. The van der Waals surface area contributed by atoms with Crippen LogP contribution in [0.2, 0.25) is 0 Å². The zero-order valence-corrected chi connectivity index (χ0v) is 18.3. The average molecular weight is 434 g/mol. The second-order valence-electron chi connectivity index (χ2n) is 6.99. The van der Waals surface area contributed by atoms with E-state index in [1.807, 2.05) is 32.0 Å². The van der Waals surface area contributed by atoms with Crippen LogP contribution in [0.5, 0.6) is 11.5 Å². The normalized spacial score (nSPS) is 10.3. The van der Waals surface area contributed by atoms with Gasteiger partial charge in [-0.05, 0) is 55.8 Å². The van der Waals surface area contributed by atoms with E-state index in [1.54, 1.807) is 48.8 Å². The van der Waals surface area contributed by atoms with Gasteiger partial charge in [-0.25, -0.2) is 0 Å². The van der Waals surface area contributed by atoms with E-state index in [9.17, 15) is 9.59 Å². The summed E-state index contributed by atoms with van der Waals surface area (Å²) in [5.41, 5.74) is 2.80. The molecule has 0 aliphatic rings. The number of rotatable bonds is 10. The molecule has 0 spiro atoms.